The van der Waals surface area contributed by atoms with E-state index < -0.39 is 16.6 Å². The van der Waals surface area contributed by atoms with Crippen molar-refractivity contribution >= 4 is 16.6 Å². The number of rotatable bonds is 12. The average molecular weight is 499 g/mol. The zero-order valence-electron chi connectivity index (χ0n) is 25.1. The van der Waals surface area contributed by atoms with E-state index >= 15 is 0 Å². The minimum absolute atomic E-state index is 0.118. The van der Waals surface area contributed by atoms with Crippen molar-refractivity contribution in [1.82, 2.24) is 0 Å². The molecule has 0 N–H and O–H groups in total. The molecule has 0 radical (unpaired) electrons. The van der Waals surface area contributed by atoms with E-state index in [-0.39, 0.29) is 33.5 Å². The second-order valence-corrected chi connectivity index (χ2v) is 23.6. The first kappa shape index (κ1) is 32.8. The fourth-order valence-corrected chi connectivity index (χ4v) is 12.2. The zero-order chi connectivity index (χ0) is 26.5. The molecule has 0 heterocycles. The van der Waals surface area contributed by atoms with E-state index in [0.29, 0.717) is 0 Å². The summed E-state index contributed by atoms with van der Waals surface area (Å²) >= 11 is 0. The topological polar surface area (TPSA) is 27.7 Å². The molecule has 0 aromatic carbocycles. The van der Waals surface area contributed by atoms with Gasteiger partial charge in [0.15, 0.2) is 16.6 Å². The van der Waals surface area contributed by atoms with Crippen molar-refractivity contribution in [3.8, 4) is 0 Å². The molecule has 2 unspecified atom stereocenters. The average Bonchev–Trinajstić information content (AvgIpc) is 2.49. The van der Waals surface area contributed by atoms with Gasteiger partial charge in [-0.05, 0) is 104 Å². The van der Waals surface area contributed by atoms with Crippen molar-refractivity contribution in [2.45, 2.75) is 156 Å². The standard InChI is InChI=1S/C28H58O3Si2/c1-23(29-25(3,4)5)19-17-21-27(9,10)32(13,14)31-33(15,16)28(11,12)22-18-20-24(2)30-26(6,7)8/h17-20,23-24H,21-22H2,1-16H3. The highest BCUT2D eigenvalue weighted by molar-refractivity contribution is 6.87. The monoisotopic (exact) mass is 498 g/mol. The van der Waals surface area contributed by atoms with Crippen LogP contribution in [-0.4, -0.2) is 40.0 Å². The maximum absolute atomic E-state index is 7.18. The van der Waals surface area contributed by atoms with Crippen LogP contribution in [0.5, 0.6) is 0 Å². The molecule has 2 atom stereocenters. The number of allylic oxidation sites excluding steroid dienone is 2. The highest BCUT2D eigenvalue weighted by Gasteiger charge is 2.49. The fraction of sp³-hybridized carbons (Fsp3) is 0.857. The Bertz CT molecular complexity index is 591. The lowest BCUT2D eigenvalue weighted by atomic mass is 10.1. The summed E-state index contributed by atoms with van der Waals surface area (Å²) in [6, 6.07) is 0. The van der Waals surface area contributed by atoms with Gasteiger partial charge in [-0.2, -0.15) is 0 Å². The summed E-state index contributed by atoms with van der Waals surface area (Å²) in [5.41, 5.74) is -0.245. The van der Waals surface area contributed by atoms with E-state index in [2.05, 4.69) is 134 Å². The van der Waals surface area contributed by atoms with Gasteiger partial charge in [-0.25, -0.2) is 0 Å². The molecular formula is C28H58O3Si2. The molecule has 0 amide bonds. The maximum atomic E-state index is 7.18. The zero-order valence-corrected chi connectivity index (χ0v) is 27.1. The second-order valence-electron chi connectivity index (χ2n) is 14.0. The van der Waals surface area contributed by atoms with Crippen LogP contribution in [0, 0.1) is 0 Å². The van der Waals surface area contributed by atoms with Crippen molar-refractivity contribution in [2.75, 3.05) is 0 Å². The summed E-state index contributed by atoms with van der Waals surface area (Å²) in [4.78, 5) is 0. The Kier molecular flexibility index (Phi) is 11.6. The van der Waals surface area contributed by atoms with Gasteiger partial charge < -0.3 is 13.6 Å². The van der Waals surface area contributed by atoms with Crippen LogP contribution in [0.3, 0.4) is 0 Å². The Morgan fingerprint density at radius 3 is 1.09 bits per heavy atom. The van der Waals surface area contributed by atoms with Gasteiger partial charge in [-0.3, -0.25) is 0 Å². The van der Waals surface area contributed by atoms with Gasteiger partial charge in [-0.15, -0.1) is 0 Å². The first-order valence-corrected chi connectivity index (χ1v) is 18.6. The number of hydrogen-bond acceptors (Lipinski definition) is 3. The third-order valence-electron chi connectivity index (χ3n) is 6.92. The van der Waals surface area contributed by atoms with Crippen LogP contribution in [0.1, 0.15) is 95.9 Å². The van der Waals surface area contributed by atoms with Crippen molar-refractivity contribution in [2.24, 2.45) is 0 Å². The molecule has 0 bridgehead atoms. The van der Waals surface area contributed by atoms with E-state index in [1.54, 1.807) is 0 Å². The maximum Gasteiger partial charge on any atom is 0.179 e. The summed E-state index contributed by atoms with van der Waals surface area (Å²) in [5, 5.41) is 0.270. The van der Waals surface area contributed by atoms with Crippen LogP contribution in [0.2, 0.25) is 36.3 Å². The van der Waals surface area contributed by atoms with Gasteiger partial charge >= 0.3 is 0 Å². The summed E-state index contributed by atoms with van der Waals surface area (Å²) in [6.07, 6.45) is 11.3. The predicted octanol–water partition coefficient (Wildman–Crippen LogP) is 9.27. The van der Waals surface area contributed by atoms with Crippen molar-refractivity contribution in [1.29, 1.82) is 0 Å². The second kappa shape index (κ2) is 11.7. The van der Waals surface area contributed by atoms with Crippen molar-refractivity contribution < 1.29 is 13.6 Å². The van der Waals surface area contributed by atoms with E-state index in [1.165, 1.54) is 0 Å². The molecule has 0 aliphatic carbocycles. The summed E-state index contributed by atoms with van der Waals surface area (Å²) in [5.74, 6) is 0. The minimum atomic E-state index is -1.97. The Labute approximate surface area is 210 Å². The van der Waals surface area contributed by atoms with Gasteiger partial charge in [0.2, 0.25) is 0 Å². The van der Waals surface area contributed by atoms with Crippen LogP contribution in [0.15, 0.2) is 24.3 Å². The van der Waals surface area contributed by atoms with Crippen LogP contribution in [0.4, 0.5) is 0 Å². The van der Waals surface area contributed by atoms with Crippen LogP contribution >= 0.6 is 0 Å². The smallest absolute Gasteiger partial charge is 0.179 e. The SMILES string of the molecule is CC(C=CCC(C)(C)[Si](C)(C)O[Si](C)(C)C(C)(C)CC=CC(C)OC(C)(C)C)OC(C)(C)C. The predicted molar refractivity (Wildman–Crippen MR) is 152 cm³/mol. The summed E-state index contributed by atoms with van der Waals surface area (Å²) in [6.45, 7) is 36.0. The van der Waals surface area contributed by atoms with Crippen LogP contribution in [-0.2, 0) is 13.6 Å². The van der Waals surface area contributed by atoms with Gasteiger partial charge in [0, 0.05) is 0 Å². The largest absolute Gasteiger partial charge is 0.455 e. The Hall–Kier alpha value is -0.206. The van der Waals surface area contributed by atoms with E-state index in [1.807, 2.05) is 0 Å². The molecule has 0 fully saturated rings. The van der Waals surface area contributed by atoms with Gasteiger partial charge in [0.05, 0.1) is 23.4 Å². The first-order chi connectivity index (χ1) is 14.4. The molecule has 0 aromatic heterocycles. The lowest BCUT2D eigenvalue weighted by molar-refractivity contribution is -0.0304. The van der Waals surface area contributed by atoms with Crippen LogP contribution in [0.25, 0.3) is 0 Å². The fourth-order valence-electron chi connectivity index (χ4n) is 3.71. The molecule has 0 aliphatic rings. The highest BCUT2D eigenvalue weighted by atomic mass is 28.4. The quantitative estimate of drug-likeness (QED) is 0.198. The van der Waals surface area contributed by atoms with Crippen LogP contribution < -0.4 is 0 Å². The summed E-state index contributed by atoms with van der Waals surface area (Å²) < 4.78 is 19.2. The first-order valence-electron chi connectivity index (χ1n) is 12.8. The Balaban J connectivity index is 5.21. The molecule has 33 heavy (non-hydrogen) atoms. The molecule has 0 saturated carbocycles. The highest BCUT2D eigenvalue weighted by Crippen LogP contribution is 2.48. The lowest BCUT2D eigenvalue weighted by Crippen LogP contribution is -2.54. The van der Waals surface area contributed by atoms with Gasteiger partial charge in [-0.1, -0.05) is 52.0 Å². The normalized spacial score (nSPS) is 17.2. The molecule has 3 nitrogen and oxygen atoms in total. The third-order valence-corrected chi connectivity index (χ3v) is 17.9. The Morgan fingerprint density at radius 1 is 0.576 bits per heavy atom. The lowest BCUT2D eigenvalue weighted by Gasteiger charge is -2.49. The third kappa shape index (κ3) is 12.4. The number of hydrogen-bond donors (Lipinski definition) is 0. The van der Waals surface area contributed by atoms with E-state index in [0.717, 1.165) is 12.8 Å². The molecule has 0 saturated heterocycles. The molecule has 0 rings (SSSR count). The van der Waals surface area contributed by atoms with Crippen molar-refractivity contribution in [3.05, 3.63) is 24.3 Å². The molecular weight excluding hydrogens is 440 g/mol. The molecule has 0 aromatic rings. The molecule has 0 aliphatic heterocycles. The molecule has 5 heteroatoms. The Morgan fingerprint density at radius 2 is 0.848 bits per heavy atom. The van der Waals surface area contributed by atoms with E-state index in [4.69, 9.17) is 13.6 Å². The van der Waals surface area contributed by atoms with Gasteiger partial charge in [0.25, 0.3) is 0 Å². The summed E-state index contributed by atoms with van der Waals surface area (Å²) in [7, 11) is -3.93. The van der Waals surface area contributed by atoms with Gasteiger partial charge in [0.1, 0.15) is 0 Å². The van der Waals surface area contributed by atoms with E-state index in [9.17, 15) is 0 Å². The van der Waals surface area contributed by atoms with Crippen molar-refractivity contribution in [3.63, 3.8) is 0 Å². The number of ether oxygens (including phenoxy) is 2. The minimum Gasteiger partial charge on any atom is -0.455 e. The molecule has 0 spiro atoms. The molecule has 196 valence electrons.